The summed E-state index contributed by atoms with van der Waals surface area (Å²) in [7, 11) is -3.38. The molecule has 0 spiro atoms. The van der Waals surface area contributed by atoms with Crippen LogP contribution in [0, 0.1) is 0 Å². The van der Waals surface area contributed by atoms with Crippen molar-refractivity contribution in [3.63, 3.8) is 0 Å². The van der Waals surface area contributed by atoms with Gasteiger partial charge in [0.1, 0.15) is 0 Å². The molecule has 1 aromatic heterocycles. The number of amides is 1. The Labute approximate surface area is 159 Å². The molecule has 0 aliphatic rings. The van der Waals surface area contributed by atoms with E-state index in [4.69, 9.17) is 4.52 Å². The van der Waals surface area contributed by atoms with Gasteiger partial charge in [-0.05, 0) is 18.1 Å². The first-order valence-electron chi connectivity index (χ1n) is 8.70. The van der Waals surface area contributed by atoms with Gasteiger partial charge in [0.25, 0.3) is 0 Å². The predicted molar refractivity (Wildman–Crippen MR) is 103 cm³/mol. The number of nitrogens with one attached hydrogen (secondary N) is 2. The molecule has 1 amide bonds. The third kappa shape index (κ3) is 7.01. The van der Waals surface area contributed by atoms with Crippen LogP contribution in [-0.4, -0.2) is 30.7 Å². The Morgan fingerprint density at radius 3 is 2.56 bits per heavy atom. The van der Waals surface area contributed by atoms with Crippen LogP contribution < -0.4 is 10.0 Å². The summed E-state index contributed by atoms with van der Waals surface area (Å²) in [6.07, 6.45) is 2.52. The van der Waals surface area contributed by atoms with Crippen molar-refractivity contribution in [1.82, 2.24) is 15.5 Å². The van der Waals surface area contributed by atoms with Crippen LogP contribution in [0.3, 0.4) is 0 Å². The highest BCUT2D eigenvalue weighted by Crippen LogP contribution is 2.19. The smallest absolute Gasteiger partial charge is 0.229 e. The van der Waals surface area contributed by atoms with Gasteiger partial charge < -0.3 is 9.84 Å². The summed E-state index contributed by atoms with van der Waals surface area (Å²) in [5, 5.41) is 6.76. The quantitative estimate of drug-likeness (QED) is 0.710. The molecular weight excluding hydrogens is 368 g/mol. The minimum atomic E-state index is -3.38. The Kier molecular flexibility index (Phi) is 6.59. The number of aryl methyl sites for hydroxylation is 1. The third-order valence-corrected chi connectivity index (χ3v) is 4.31. The lowest BCUT2D eigenvalue weighted by molar-refractivity contribution is -0.121. The normalized spacial score (nSPS) is 12.0. The van der Waals surface area contributed by atoms with Gasteiger partial charge in [-0.2, -0.15) is 4.98 Å². The molecule has 8 nitrogen and oxygen atoms in total. The van der Waals surface area contributed by atoms with Crippen molar-refractivity contribution in [3.05, 3.63) is 41.5 Å². The van der Waals surface area contributed by atoms with Crippen molar-refractivity contribution < 1.29 is 17.7 Å². The monoisotopic (exact) mass is 394 g/mol. The van der Waals surface area contributed by atoms with E-state index in [1.165, 1.54) is 0 Å². The topological polar surface area (TPSA) is 114 Å². The molecule has 148 valence electrons. The molecule has 2 N–H and O–H groups in total. The molecule has 0 radical (unpaired) electrons. The molecule has 0 saturated carbocycles. The lowest BCUT2D eigenvalue weighted by atomic mass is 9.96. The van der Waals surface area contributed by atoms with Crippen LogP contribution in [0.1, 0.15) is 50.9 Å². The largest absolute Gasteiger partial charge is 0.352 e. The average Bonchev–Trinajstić information content (AvgIpc) is 3.02. The molecule has 27 heavy (non-hydrogen) atoms. The van der Waals surface area contributed by atoms with Crippen molar-refractivity contribution >= 4 is 21.6 Å². The van der Waals surface area contributed by atoms with E-state index in [1.807, 2.05) is 20.8 Å². The summed E-state index contributed by atoms with van der Waals surface area (Å²) in [6, 6.07) is 6.94. The molecule has 2 aromatic rings. The molecular formula is C18H26N4O4S. The van der Waals surface area contributed by atoms with Gasteiger partial charge in [0.05, 0.1) is 11.9 Å². The van der Waals surface area contributed by atoms with Crippen LogP contribution in [-0.2, 0) is 33.2 Å². The minimum Gasteiger partial charge on any atom is -0.352 e. The number of benzene rings is 1. The first-order chi connectivity index (χ1) is 12.5. The van der Waals surface area contributed by atoms with Crippen LogP contribution in [0.4, 0.5) is 5.69 Å². The molecule has 0 bridgehead atoms. The number of aromatic nitrogens is 2. The van der Waals surface area contributed by atoms with Crippen molar-refractivity contribution in [2.24, 2.45) is 0 Å². The van der Waals surface area contributed by atoms with E-state index in [0.29, 0.717) is 42.2 Å². The van der Waals surface area contributed by atoms with Crippen molar-refractivity contribution in [2.75, 3.05) is 11.0 Å². The summed E-state index contributed by atoms with van der Waals surface area (Å²) in [4.78, 5) is 16.4. The standard InChI is InChI=1S/C18H26N4O4S/c1-18(2,3)17-20-16(26-21-17)11-7-10-15(23)19-12-13-8-5-6-9-14(13)22-27(4,24)25/h5-6,8-9,22H,7,10-12H2,1-4H3,(H,19,23). The van der Waals surface area contributed by atoms with E-state index >= 15 is 0 Å². The van der Waals surface area contributed by atoms with Crippen LogP contribution >= 0.6 is 0 Å². The van der Waals surface area contributed by atoms with E-state index in [2.05, 4.69) is 20.2 Å². The zero-order valence-corrected chi connectivity index (χ0v) is 16.9. The molecule has 0 aliphatic heterocycles. The van der Waals surface area contributed by atoms with Crippen LogP contribution in [0.15, 0.2) is 28.8 Å². The second-order valence-corrected chi connectivity index (χ2v) is 9.17. The maximum atomic E-state index is 12.1. The maximum Gasteiger partial charge on any atom is 0.229 e. The van der Waals surface area contributed by atoms with Crippen LogP contribution in [0.2, 0.25) is 0 Å². The molecule has 1 aromatic carbocycles. The van der Waals surface area contributed by atoms with E-state index in [1.54, 1.807) is 24.3 Å². The molecule has 1 heterocycles. The van der Waals surface area contributed by atoms with Crippen molar-refractivity contribution in [3.8, 4) is 0 Å². The number of nitrogens with zero attached hydrogens (tertiary/aromatic N) is 2. The number of sulfonamides is 1. The second kappa shape index (κ2) is 8.51. The maximum absolute atomic E-state index is 12.1. The summed E-state index contributed by atoms with van der Waals surface area (Å²) in [5.41, 5.74) is 0.982. The average molecular weight is 394 g/mol. The number of hydrogen-bond acceptors (Lipinski definition) is 6. The molecule has 0 unspecified atom stereocenters. The van der Waals surface area contributed by atoms with Gasteiger partial charge in [0.2, 0.25) is 21.8 Å². The van der Waals surface area contributed by atoms with Gasteiger partial charge in [-0.3, -0.25) is 9.52 Å². The van der Waals surface area contributed by atoms with E-state index in [-0.39, 0.29) is 17.9 Å². The molecule has 9 heteroatoms. The molecule has 0 aliphatic carbocycles. The lowest BCUT2D eigenvalue weighted by Gasteiger charge is -2.11. The van der Waals surface area contributed by atoms with E-state index < -0.39 is 10.0 Å². The van der Waals surface area contributed by atoms with Gasteiger partial charge in [-0.1, -0.05) is 44.1 Å². The number of para-hydroxylation sites is 1. The Balaban J connectivity index is 1.81. The van der Waals surface area contributed by atoms with Crippen molar-refractivity contribution in [2.45, 2.75) is 52.0 Å². The Hall–Kier alpha value is -2.42. The Morgan fingerprint density at radius 1 is 1.22 bits per heavy atom. The zero-order valence-electron chi connectivity index (χ0n) is 16.1. The molecule has 2 rings (SSSR count). The SMILES string of the molecule is CC(C)(C)c1noc(CCCC(=O)NCc2ccccc2NS(C)(=O)=O)n1. The summed E-state index contributed by atoms with van der Waals surface area (Å²) >= 11 is 0. The highest BCUT2D eigenvalue weighted by molar-refractivity contribution is 7.92. The summed E-state index contributed by atoms with van der Waals surface area (Å²) in [6.45, 7) is 6.26. The van der Waals surface area contributed by atoms with E-state index in [0.717, 1.165) is 6.26 Å². The second-order valence-electron chi connectivity index (χ2n) is 7.42. The highest BCUT2D eigenvalue weighted by atomic mass is 32.2. The van der Waals surface area contributed by atoms with Gasteiger partial charge in [-0.15, -0.1) is 0 Å². The number of carbonyl (C=O) groups is 1. The van der Waals surface area contributed by atoms with E-state index in [9.17, 15) is 13.2 Å². The number of anilines is 1. The zero-order chi connectivity index (χ0) is 20.1. The fourth-order valence-corrected chi connectivity index (χ4v) is 2.92. The fourth-order valence-electron chi connectivity index (χ4n) is 2.32. The van der Waals surface area contributed by atoms with Gasteiger partial charge in [0, 0.05) is 24.8 Å². The van der Waals surface area contributed by atoms with Crippen molar-refractivity contribution in [1.29, 1.82) is 0 Å². The first-order valence-corrected chi connectivity index (χ1v) is 10.6. The first kappa shape index (κ1) is 20.9. The number of carbonyl (C=O) groups excluding carboxylic acids is 1. The number of hydrogen-bond donors (Lipinski definition) is 2. The third-order valence-electron chi connectivity index (χ3n) is 3.72. The minimum absolute atomic E-state index is 0.125. The number of rotatable bonds is 8. The molecule has 0 saturated heterocycles. The van der Waals surface area contributed by atoms with Crippen LogP contribution in [0.25, 0.3) is 0 Å². The molecule has 0 atom stereocenters. The van der Waals surface area contributed by atoms with Gasteiger partial charge >= 0.3 is 0 Å². The highest BCUT2D eigenvalue weighted by Gasteiger charge is 2.20. The van der Waals surface area contributed by atoms with Crippen LogP contribution in [0.5, 0.6) is 0 Å². The Bertz CT molecular complexity index is 885. The van der Waals surface area contributed by atoms with Gasteiger partial charge in [0.15, 0.2) is 5.82 Å². The predicted octanol–water partition coefficient (Wildman–Crippen LogP) is 2.38. The molecule has 0 fully saturated rings. The fraction of sp³-hybridized carbons (Fsp3) is 0.500. The summed E-state index contributed by atoms with van der Waals surface area (Å²) in [5.74, 6) is 1.05. The van der Waals surface area contributed by atoms with Gasteiger partial charge in [-0.25, -0.2) is 8.42 Å². The summed E-state index contributed by atoms with van der Waals surface area (Å²) < 4.78 is 30.5. The Morgan fingerprint density at radius 2 is 1.93 bits per heavy atom. The lowest BCUT2D eigenvalue weighted by Crippen LogP contribution is -2.23.